The van der Waals surface area contributed by atoms with Crippen LogP contribution in [-0.2, 0) is 0 Å². The molecule has 0 unspecified atom stereocenters. The molecule has 3 heteroatoms. The van der Waals surface area contributed by atoms with Crippen LogP contribution in [0, 0.1) is 19.7 Å². The Morgan fingerprint density at radius 1 is 1.11 bits per heavy atom. The van der Waals surface area contributed by atoms with Crippen molar-refractivity contribution in [1.29, 1.82) is 0 Å². The molecular formula is C16H15ClFN. The minimum absolute atomic E-state index is 0.264. The van der Waals surface area contributed by atoms with Crippen molar-refractivity contribution in [3.63, 3.8) is 0 Å². The fourth-order valence-corrected chi connectivity index (χ4v) is 1.93. The maximum absolute atomic E-state index is 13.8. The quantitative estimate of drug-likeness (QED) is 0.799. The topological polar surface area (TPSA) is 26.0 Å². The molecule has 0 fully saturated rings. The fraction of sp³-hybridized carbons (Fsp3) is 0.125. The first kappa shape index (κ1) is 13.6. The van der Waals surface area contributed by atoms with E-state index in [1.165, 1.54) is 6.07 Å². The van der Waals surface area contributed by atoms with Gasteiger partial charge >= 0.3 is 0 Å². The summed E-state index contributed by atoms with van der Waals surface area (Å²) in [6, 6.07) is 10.5. The van der Waals surface area contributed by atoms with Gasteiger partial charge in [-0.05, 0) is 60.9 Å². The molecule has 0 radical (unpaired) electrons. The summed E-state index contributed by atoms with van der Waals surface area (Å²) in [7, 11) is 0. The van der Waals surface area contributed by atoms with Crippen LogP contribution in [0.2, 0.25) is 5.02 Å². The number of nitrogens with two attached hydrogens (primary N) is 1. The minimum atomic E-state index is -0.264. The summed E-state index contributed by atoms with van der Waals surface area (Å²) in [4.78, 5) is 0. The summed E-state index contributed by atoms with van der Waals surface area (Å²) in [5, 5.41) is 0.647. The van der Waals surface area contributed by atoms with Crippen molar-refractivity contribution in [1.82, 2.24) is 0 Å². The predicted octanol–water partition coefficient (Wildman–Crippen LogP) is 4.55. The van der Waals surface area contributed by atoms with Crippen molar-refractivity contribution in [2.24, 2.45) is 5.73 Å². The number of benzene rings is 2. The zero-order valence-corrected chi connectivity index (χ0v) is 11.6. The zero-order valence-electron chi connectivity index (χ0n) is 10.9. The van der Waals surface area contributed by atoms with Gasteiger partial charge in [-0.3, -0.25) is 0 Å². The number of rotatable bonds is 2. The fourth-order valence-electron chi connectivity index (χ4n) is 1.81. The third kappa shape index (κ3) is 3.15. The Balaban J connectivity index is 2.40. The smallest absolute Gasteiger partial charge is 0.130 e. The summed E-state index contributed by atoms with van der Waals surface area (Å²) in [6.07, 6.45) is 1.64. The van der Waals surface area contributed by atoms with E-state index in [4.69, 9.17) is 17.3 Å². The van der Waals surface area contributed by atoms with E-state index >= 15 is 0 Å². The Morgan fingerprint density at radius 2 is 1.68 bits per heavy atom. The molecule has 0 spiro atoms. The number of aryl methyl sites for hydroxylation is 2. The molecule has 19 heavy (non-hydrogen) atoms. The Kier molecular flexibility index (Phi) is 3.91. The average Bonchev–Trinajstić information content (AvgIpc) is 2.36. The van der Waals surface area contributed by atoms with E-state index in [1.54, 1.807) is 24.3 Å². The average molecular weight is 276 g/mol. The van der Waals surface area contributed by atoms with E-state index in [9.17, 15) is 4.39 Å². The van der Waals surface area contributed by atoms with Crippen LogP contribution in [0.5, 0.6) is 0 Å². The summed E-state index contributed by atoms with van der Waals surface area (Å²) < 4.78 is 13.8. The summed E-state index contributed by atoms with van der Waals surface area (Å²) in [6.45, 7) is 3.83. The highest BCUT2D eigenvalue weighted by Crippen LogP contribution is 2.20. The summed E-state index contributed by atoms with van der Waals surface area (Å²) >= 11 is 5.82. The molecule has 0 saturated heterocycles. The van der Waals surface area contributed by atoms with Gasteiger partial charge in [-0.25, -0.2) is 4.39 Å². The van der Waals surface area contributed by atoms with Crippen LogP contribution < -0.4 is 5.73 Å². The third-order valence-electron chi connectivity index (χ3n) is 3.10. The highest BCUT2D eigenvalue weighted by Gasteiger charge is 2.04. The largest absolute Gasteiger partial charge is 0.398 e. The zero-order chi connectivity index (χ0) is 14.0. The van der Waals surface area contributed by atoms with Crippen molar-refractivity contribution in [3.05, 3.63) is 69.5 Å². The highest BCUT2D eigenvalue weighted by molar-refractivity contribution is 6.30. The number of hydrogen-bond acceptors (Lipinski definition) is 1. The van der Waals surface area contributed by atoms with Gasteiger partial charge in [0.25, 0.3) is 0 Å². The lowest BCUT2D eigenvalue weighted by Gasteiger charge is -2.06. The standard InChI is InChI=1S/C16H15ClFN/c1-10-7-13(15(18)8-11(10)2)9-16(19)12-3-5-14(17)6-4-12/h3-9H,19H2,1-2H3/b16-9+. The molecule has 0 aliphatic heterocycles. The van der Waals surface area contributed by atoms with Crippen LogP contribution in [0.15, 0.2) is 36.4 Å². The van der Waals surface area contributed by atoms with E-state index in [-0.39, 0.29) is 5.82 Å². The lowest BCUT2D eigenvalue weighted by Crippen LogP contribution is -1.97. The Hall–Kier alpha value is -1.80. The molecule has 2 aromatic carbocycles. The van der Waals surface area contributed by atoms with Crippen molar-refractivity contribution < 1.29 is 4.39 Å². The summed E-state index contributed by atoms with van der Waals surface area (Å²) in [5.41, 5.74) is 9.78. The second kappa shape index (κ2) is 5.45. The Bertz CT molecular complexity index is 630. The molecule has 0 aromatic heterocycles. The first-order chi connectivity index (χ1) is 8.97. The first-order valence-corrected chi connectivity index (χ1v) is 6.35. The maximum atomic E-state index is 13.8. The van der Waals surface area contributed by atoms with Gasteiger partial charge in [-0.15, -0.1) is 0 Å². The van der Waals surface area contributed by atoms with Crippen molar-refractivity contribution in [2.45, 2.75) is 13.8 Å². The molecule has 2 rings (SSSR count). The molecule has 0 heterocycles. The molecule has 0 aliphatic rings. The number of halogens is 2. The Labute approximate surface area is 117 Å². The van der Waals surface area contributed by atoms with Crippen LogP contribution >= 0.6 is 11.6 Å². The molecule has 98 valence electrons. The molecule has 0 aliphatic carbocycles. The monoisotopic (exact) mass is 275 g/mol. The van der Waals surface area contributed by atoms with Gasteiger partial charge in [0.15, 0.2) is 0 Å². The van der Waals surface area contributed by atoms with E-state index < -0.39 is 0 Å². The highest BCUT2D eigenvalue weighted by atomic mass is 35.5. The van der Waals surface area contributed by atoms with Gasteiger partial charge in [-0.2, -0.15) is 0 Å². The van der Waals surface area contributed by atoms with Gasteiger partial charge in [0, 0.05) is 16.3 Å². The Morgan fingerprint density at radius 3 is 2.32 bits per heavy atom. The van der Waals surface area contributed by atoms with Gasteiger partial charge < -0.3 is 5.73 Å². The second-order valence-corrected chi connectivity index (χ2v) is 5.00. The molecule has 2 aromatic rings. The molecule has 1 nitrogen and oxygen atoms in total. The van der Waals surface area contributed by atoms with E-state index in [0.717, 1.165) is 16.7 Å². The van der Waals surface area contributed by atoms with Crippen LogP contribution in [0.1, 0.15) is 22.3 Å². The van der Waals surface area contributed by atoms with E-state index in [0.29, 0.717) is 16.3 Å². The van der Waals surface area contributed by atoms with Gasteiger partial charge in [-0.1, -0.05) is 23.7 Å². The van der Waals surface area contributed by atoms with Crippen LogP contribution in [0.25, 0.3) is 11.8 Å². The van der Waals surface area contributed by atoms with Gasteiger partial charge in [0.2, 0.25) is 0 Å². The lowest BCUT2D eigenvalue weighted by molar-refractivity contribution is 0.623. The van der Waals surface area contributed by atoms with Crippen LogP contribution in [0.4, 0.5) is 4.39 Å². The molecule has 0 amide bonds. The molecule has 0 bridgehead atoms. The lowest BCUT2D eigenvalue weighted by atomic mass is 10.0. The second-order valence-electron chi connectivity index (χ2n) is 4.56. The predicted molar refractivity (Wildman–Crippen MR) is 79.4 cm³/mol. The molecular weight excluding hydrogens is 261 g/mol. The normalized spacial score (nSPS) is 11.7. The minimum Gasteiger partial charge on any atom is -0.398 e. The van der Waals surface area contributed by atoms with Gasteiger partial charge in [0.05, 0.1) is 0 Å². The van der Waals surface area contributed by atoms with Crippen molar-refractivity contribution in [2.75, 3.05) is 0 Å². The third-order valence-corrected chi connectivity index (χ3v) is 3.35. The SMILES string of the molecule is Cc1cc(F)c(/C=C(/N)c2ccc(Cl)cc2)cc1C. The van der Waals surface area contributed by atoms with Gasteiger partial charge in [0.1, 0.15) is 5.82 Å². The summed E-state index contributed by atoms with van der Waals surface area (Å²) in [5.74, 6) is -0.264. The van der Waals surface area contributed by atoms with Crippen LogP contribution in [0.3, 0.4) is 0 Å². The maximum Gasteiger partial charge on any atom is 0.130 e. The van der Waals surface area contributed by atoms with Crippen molar-refractivity contribution >= 4 is 23.4 Å². The van der Waals surface area contributed by atoms with E-state index in [1.807, 2.05) is 26.0 Å². The van der Waals surface area contributed by atoms with Crippen molar-refractivity contribution in [3.8, 4) is 0 Å². The molecule has 2 N–H and O–H groups in total. The molecule has 0 atom stereocenters. The first-order valence-electron chi connectivity index (χ1n) is 5.97. The number of hydrogen-bond donors (Lipinski definition) is 1. The molecule has 0 saturated carbocycles. The van der Waals surface area contributed by atoms with Crippen LogP contribution in [-0.4, -0.2) is 0 Å². The van der Waals surface area contributed by atoms with E-state index in [2.05, 4.69) is 0 Å².